The van der Waals surface area contributed by atoms with Gasteiger partial charge >= 0.3 is 0 Å². The van der Waals surface area contributed by atoms with E-state index in [1.165, 1.54) is 5.56 Å². The van der Waals surface area contributed by atoms with Gasteiger partial charge in [0, 0.05) is 0 Å². The standard InChI is InChI=1S/C12H17NOS/c1-2-14-12(15)11(8-9-13)10-6-4-3-5-7-10/h3-7,11H,2,8-9,13H2,1H3. The molecule has 0 radical (unpaired) electrons. The Labute approximate surface area is 96.4 Å². The molecule has 0 saturated carbocycles. The summed E-state index contributed by atoms with van der Waals surface area (Å²) >= 11 is 5.24. The summed E-state index contributed by atoms with van der Waals surface area (Å²) in [6.45, 7) is 3.18. The molecular formula is C12H17NOS. The number of ether oxygens (including phenoxy) is 1. The van der Waals surface area contributed by atoms with Crippen LogP contribution < -0.4 is 5.73 Å². The lowest BCUT2D eigenvalue weighted by Gasteiger charge is -2.17. The molecule has 3 heteroatoms. The second-order valence-corrected chi connectivity index (χ2v) is 3.70. The number of benzene rings is 1. The molecule has 0 fully saturated rings. The summed E-state index contributed by atoms with van der Waals surface area (Å²) in [5.41, 5.74) is 6.77. The van der Waals surface area contributed by atoms with E-state index in [1.54, 1.807) is 0 Å². The Balaban J connectivity index is 2.78. The van der Waals surface area contributed by atoms with Crippen LogP contribution in [-0.4, -0.2) is 18.2 Å². The predicted molar refractivity (Wildman–Crippen MR) is 67.1 cm³/mol. The topological polar surface area (TPSA) is 35.2 Å². The molecule has 0 aliphatic rings. The molecule has 2 N–H and O–H groups in total. The van der Waals surface area contributed by atoms with Crippen molar-refractivity contribution in [3.05, 3.63) is 35.9 Å². The SMILES string of the molecule is CCOC(=S)C(CCN)c1ccccc1. The Hall–Kier alpha value is -0.930. The molecule has 1 rings (SSSR count). The van der Waals surface area contributed by atoms with Gasteiger partial charge in [0.05, 0.1) is 12.5 Å². The molecule has 1 unspecified atom stereocenters. The number of hydrogen-bond donors (Lipinski definition) is 1. The lowest BCUT2D eigenvalue weighted by atomic mass is 9.96. The molecule has 82 valence electrons. The molecule has 0 aliphatic carbocycles. The van der Waals surface area contributed by atoms with E-state index in [0.29, 0.717) is 18.2 Å². The first-order valence-corrected chi connectivity index (χ1v) is 5.62. The largest absolute Gasteiger partial charge is 0.487 e. The average molecular weight is 223 g/mol. The third-order valence-corrected chi connectivity index (χ3v) is 2.63. The molecule has 0 spiro atoms. The van der Waals surface area contributed by atoms with Gasteiger partial charge in [-0.1, -0.05) is 30.3 Å². The molecule has 0 aliphatic heterocycles. The van der Waals surface area contributed by atoms with Crippen LogP contribution in [-0.2, 0) is 4.74 Å². The van der Waals surface area contributed by atoms with Crippen molar-refractivity contribution < 1.29 is 4.74 Å². The van der Waals surface area contributed by atoms with Crippen LogP contribution in [0.5, 0.6) is 0 Å². The molecule has 1 atom stereocenters. The first kappa shape index (κ1) is 12.1. The molecule has 2 nitrogen and oxygen atoms in total. The van der Waals surface area contributed by atoms with E-state index >= 15 is 0 Å². The summed E-state index contributed by atoms with van der Waals surface area (Å²) in [7, 11) is 0. The van der Waals surface area contributed by atoms with Gasteiger partial charge in [0.2, 0.25) is 0 Å². The summed E-state index contributed by atoms with van der Waals surface area (Å²) in [5, 5.41) is 0.647. The maximum Gasteiger partial charge on any atom is 0.167 e. The number of nitrogens with two attached hydrogens (primary N) is 1. The highest BCUT2D eigenvalue weighted by Gasteiger charge is 2.16. The maximum absolute atomic E-state index is 5.59. The van der Waals surface area contributed by atoms with E-state index in [1.807, 2.05) is 25.1 Å². The molecule has 0 aromatic heterocycles. The summed E-state index contributed by atoms with van der Waals surface area (Å²) in [4.78, 5) is 0. The van der Waals surface area contributed by atoms with Gasteiger partial charge in [-0.25, -0.2) is 0 Å². The van der Waals surface area contributed by atoms with Crippen molar-refractivity contribution in [3.63, 3.8) is 0 Å². The van der Waals surface area contributed by atoms with Crippen molar-refractivity contribution in [3.8, 4) is 0 Å². The Morgan fingerprint density at radius 3 is 2.60 bits per heavy atom. The molecule has 1 aromatic rings. The number of hydrogen-bond acceptors (Lipinski definition) is 3. The minimum Gasteiger partial charge on any atom is -0.487 e. The summed E-state index contributed by atoms with van der Waals surface area (Å²) in [5.74, 6) is 0.145. The van der Waals surface area contributed by atoms with Crippen LogP contribution in [0.1, 0.15) is 24.8 Å². The van der Waals surface area contributed by atoms with Crippen LogP contribution in [0.25, 0.3) is 0 Å². The van der Waals surface area contributed by atoms with Crippen LogP contribution in [0, 0.1) is 0 Å². The third kappa shape index (κ3) is 3.61. The average Bonchev–Trinajstić information content (AvgIpc) is 2.27. The summed E-state index contributed by atoms with van der Waals surface area (Å²) in [6.07, 6.45) is 0.836. The Morgan fingerprint density at radius 2 is 2.07 bits per heavy atom. The maximum atomic E-state index is 5.59. The zero-order valence-electron chi connectivity index (χ0n) is 8.98. The fourth-order valence-corrected chi connectivity index (χ4v) is 1.89. The van der Waals surface area contributed by atoms with Crippen molar-refractivity contribution in [1.29, 1.82) is 0 Å². The van der Waals surface area contributed by atoms with Gasteiger partial charge in [-0.2, -0.15) is 0 Å². The predicted octanol–water partition coefficient (Wildman–Crippen LogP) is 2.48. The monoisotopic (exact) mass is 223 g/mol. The van der Waals surface area contributed by atoms with E-state index in [0.717, 1.165) is 6.42 Å². The first-order valence-electron chi connectivity index (χ1n) is 5.21. The van der Waals surface area contributed by atoms with Gasteiger partial charge in [-0.15, -0.1) is 0 Å². The van der Waals surface area contributed by atoms with Crippen molar-refractivity contribution >= 4 is 17.3 Å². The highest BCUT2D eigenvalue weighted by atomic mass is 32.1. The van der Waals surface area contributed by atoms with Crippen molar-refractivity contribution in [2.24, 2.45) is 5.73 Å². The van der Waals surface area contributed by atoms with Crippen LogP contribution >= 0.6 is 12.2 Å². The Morgan fingerprint density at radius 1 is 1.40 bits per heavy atom. The number of rotatable bonds is 5. The van der Waals surface area contributed by atoms with Gasteiger partial charge in [-0.3, -0.25) is 0 Å². The number of thiocarbonyl (C=S) groups is 1. The highest BCUT2D eigenvalue weighted by Crippen LogP contribution is 2.21. The van der Waals surface area contributed by atoms with Crippen molar-refractivity contribution in [1.82, 2.24) is 0 Å². The zero-order valence-corrected chi connectivity index (χ0v) is 9.80. The smallest absolute Gasteiger partial charge is 0.167 e. The summed E-state index contributed by atoms with van der Waals surface area (Å²) < 4.78 is 5.39. The Kier molecular flexibility index (Phi) is 5.29. The van der Waals surface area contributed by atoms with Gasteiger partial charge in [0.25, 0.3) is 0 Å². The van der Waals surface area contributed by atoms with Gasteiger partial charge in [0.1, 0.15) is 0 Å². The zero-order chi connectivity index (χ0) is 11.1. The Bertz CT molecular complexity index is 300. The van der Waals surface area contributed by atoms with Crippen molar-refractivity contribution in [2.45, 2.75) is 19.3 Å². The molecule has 0 amide bonds. The van der Waals surface area contributed by atoms with E-state index in [9.17, 15) is 0 Å². The summed E-state index contributed by atoms with van der Waals surface area (Å²) in [6, 6.07) is 10.1. The van der Waals surface area contributed by atoms with Crippen molar-refractivity contribution in [2.75, 3.05) is 13.2 Å². The van der Waals surface area contributed by atoms with Gasteiger partial charge < -0.3 is 10.5 Å². The lowest BCUT2D eigenvalue weighted by Crippen LogP contribution is -2.17. The fourth-order valence-electron chi connectivity index (χ4n) is 1.52. The second-order valence-electron chi connectivity index (χ2n) is 3.29. The van der Waals surface area contributed by atoms with E-state index < -0.39 is 0 Å². The second kappa shape index (κ2) is 6.53. The minimum atomic E-state index is 0.145. The lowest BCUT2D eigenvalue weighted by molar-refractivity contribution is 0.320. The fraction of sp³-hybridized carbons (Fsp3) is 0.417. The van der Waals surface area contributed by atoms with E-state index in [2.05, 4.69) is 12.1 Å². The molecule has 0 heterocycles. The van der Waals surface area contributed by atoms with Crippen LogP contribution in [0.4, 0.5) is 0 Å². The van der Waals surface area contributed by atoms with Gasteiger partial charge in [-0.05, 0) is 37.7 Å². The first-order chi connectivity index (χ1) is 7.29. The minimum absolute atomic E-state index is 0.145. The normalized spacial score (nSPS) is 12.1. The highest BCUT2D eigenvalue weighted by molar-refractivity contribution is 7.80. The van der Waals surface area contributed by atoms with E-state index in [-0.39, 0.29) is 5.92 Å². The molecular weight excluding hydrogens is 206 g/mol. The third-order valence-electron chi connectivity index (χ3n) is 2.23. The molecule has 1 aromatic carbocycles. The quantitative estimate of drug-likeness (QED) is 0.779. The van der Waals surface area contributed by atoms with Gasteiger partial charge in [0.15, 0.2) is 5.05 Å². The van der Waals surface area contributed by atoms with Crippen LogP contribution in [0.15, 0.2) is 30.3 Å². The van der Waals surface area contributed by atoms with E-state index in [4.69, 9.17) is 22.7 Å². The molecule has 0 bridgehead atoms. The van der Waals surface area contributed by atoms with Crippen LogP contribution in [0.2, 0.25) is 0 Å². The van der Waals surface area contributed by atoms with Crippen LogP contribution in [0.3, 0.4) is 0 Å². The molecule has 15 heavy (non-hydrogen) atoms. The molecule has 0 saturated heterocycles.